The van der Waals surface area contributed by atoms with Crippen LogP contribution < -0.4 is 0 Å². The van der Waals surface area contributed by atoms with E-state index in [0.29, 0.717) is 16.5 Å². The van der Waals surface area contributed by atoms with Crippen molar-refractivity contribution >= 4 is 17.7 Å². The maximum absolute atomic E-state index is 11.0. The second-order valence-corrected chi connectivity index (χ2v) is 4.28. The lowest BCUT2D eigenvalue weighted by molar-refractivity contribution is 0.0696. The number of carboxylic acid groups (broad SMARTS) is 1. The van der Waals surface area contributed by atoms with Gasteiger partial charge in [0.15, 0.2) is 0 Å². The van der Waals surface area contributed by atoms with Crippen LogP contribution in [0.15, 0.2) is 29.4 Å². The molecule has 1 aromatic carbocycles. The summed E-state index contributed by atoms with van der Waals surface area (Å²) >= 11 is 1.40. The van der Waals surface area contributed by atoms with Gasteiger partial charge in [0.2, 0.25) is 5.16 Å². The van der Waals surface area contributed by atoms with Gasteiger partial charge < -0.3 is 5.11 Å². The Morgan fingerprint density at radius 1 is 1.47 bits per heavy atom. The predicted octanol–water partition coefficient (Wildman–Crippen LogP) is 1.20. The monoisotopic (exact) mass is 250 g/mol. The zero-order valence-corrected chi connectivity index (χ0v) is 9.89. The first kappa shape index (κ1) is 11.6. The number of nitrogens with zero attached hydrogens (tertiary/aromatic N) is 4. The van der Waals surface area contributed by atoms with E-state index in [1.807, 2.05) is 6.07 Å². The molecule has 0 fully saturated rings. The molecule has 0 unspecified atom stereocenters. The molecule has 0 amide bonds. The van der Waals surface area contributed by atoms with E-state index in [9.17, 15) is 4.79 Å². The van der Waals surface area contributed by atoms with Gasteiger partial charge in [-0.3, -0.25) is 0 Å². The van der Waals surface area contributed by atoms with Crippen LogP contribution in [-0.2, 0) is 12.8 Å². The maximum Gasteiger partial charge on any atom is 0.335 e. The molecule has 2 aromatic rings. The molecule has 0 aliphatic carbocycles. The first-order chi connectivity index (χ1) is 8.18. The first-order valence-electron chi connectivity index (χ1n) is 4.85. The molecule has 1 aromatic heterocycles. The van der Waals surface area contributed by atoms with Gasteiger partial charge in [0, 0.05) is 12.8 Å². The molecule has 0 atom stereocenters. The van der Waals surface area contributed by atoms with Crippen LogP contribution in [0.5, 0.6) is 0 Å². The summed E-state index contributed by atoms with van der Waals surface area (Å²) in [4.78, 5) is 11.0. The number of aromatic carboxylic acids is 1. The average Bonchev–Trinajstić information content (AvgIpc) is 2.72. The largest absolute Gasteiger partial charge is 0.478 e. The lowest BCUT2D eigenvalue weighted by Crippen LogP contribution is -2.01. The van der Waals surface area contributed by atoms with Gasteiger partial charge in [-0.2, -0.15) is 0 Å². The third-order valence-corrected chi connectivity index (χ3v) is 3.25. The van der Waals surface area contributed by atoms with E-state index in [0.717, 1.165) is 5.56 Å². The number of thioether (sulfide) groups is 1. The quantitative estimate of drug-likeness (QED) is 0.821. The van der Waals surface area contributed by atoms with E-state index in [1.165, 1.54) is 11.8 Å². The van der Waals surface area contributed by atoms with Gasteiger partial charge in [-0.25, -0.2) is 9.48 Å². The molecule has 0 bridgehead atoms. The molecule has 0 aliphatic heterocycles. The van der Waals surface area contributed by atoms with Gasteiger partial charge in [0.25, 0.3) is 0 Å². The van der Waals surface area contributed by atoms with Gasteiger partial charge in [0.05, 0.1) is 5.56 Å². The molecule has 0 radical (unpaired) electrons. The van der Waals surface area contributed by atoms with Crippen LogP contribution in [0.4, 0.5) is 0 Å². The minimum atomic E-state index is -0.919. The smallest absolute Gasteiger partial charge is 0.335 e. The highest BCUT2D eigenvalue weighted by atomic mass is 32.2. The Kier molecular flexibility index (Phi) is 3.38. The van der Waals surface area contributed by atoms with Crippen molar-refractivity contribution in [1.29, 1.82) is 0 Å². The maximum atomic E-state index is 11.0. The molecular weight excluding hydrogens is 240 g/mol. The molecular formula is C10H10N4O2S. The summed E-state index contributed by atoms with van der Waals surface area (Å²) in [6.45, 7) is 0. The Hall–Kier alpha value is -1.89. The number of carboxylic acids is 1. The van der Waals surface area contributed by atoms with Crippen molar-refractivity contribution in [2.24, 2.45) is 7.05 Å². The number of rotatable bonds is 4. The topological polar surface area (TPSA) is 80.9 Å². The van der Waals surface area contributed by atoms with Crippen molar-refractivity contribution in [2.45, 2.75) is 10.9 Å². The Balaban J connectivity index is 2.14. The minimum absolute atomic E-state index is 0.315. The fraction of sp³-hybridized carbons (Fsp3) is 0.200. The summed E-state index contributed by atoms with van der Waals surface area (Å²) in [5.41, 5.74) is 1.07. The number of carbonyl (C=O) groups is 1. The van der Waals surface area contributed by atoms with Crippen LogP contribution in [0, 0.1) is 0 Å². The summed E-state index contributed by atoms with van der Waals surface area (Å²) < 4.78 is 1.55. The fourth-order valence-corrected chi connectivity index (χ4v) is 2.19. The minimum Gasteiger partial charge on any atom is -0.478 e. The molecule has 1 N–H and O–H groups in total. The van der Waals surface area contributed by atoms with Crippen molar-refractivity contribution < 1.29 is 9.90 Å². The molecule has 7 heteroatoms. The highest BCUT2D eigenvalue weighted by Crippen LogP contribution is 2.21. The van der Waals surface area contributed by atoms with Crippen LogP contribution in [0.2, 0.25) is 0 Å². The lowest BCUT2D eigenvalue weighted by atomic mass is 10.1. The summed E-state index contributed by atoms with van der Waals surface area (Å²) in [5.74, 6) is -0.395. The van der Waals surface area contributed by atoms with Crippen LogP contribution in [0.25, 0.3) is 0 Å². The van der Waals surface area contributed by atoms with Crippen LogP contribution in [0.1, 0.15) is 15.9 Å². The second-order valence-electron chi connectivity index (χ2n) is 3.34. The standard InChI is InChI=1S/C10H10N4O2S/c1-14-10(11-12-13-14)17-6-7-4-2-3-5-8(7)9(15)16/h2-5H,6H2,1H3,(H,15,16). The van der Waals surface area contributed by atoms with Crippen LogP contribution in [-0.4, -0.2) is 31.3 Å². The number of tetrazole rings is 1. The Morgan fingerprint density at radius 3 is 2.88 bits per heavy atom. The Morgan fingerprint density at radius 2 is 2.24 bits per heavy atom. The summed E-state index contributed by atoms with van der Waals surface area (Å²) in [6.07, 6.45) is 0. The molecule has 17 heavy (non-hydrogen) atoms. The molecule has 0 saturated heterocycles. The lowest BCUT2D eigenvalue weighted by Gasteiger charge is -2.04. The third kappa shape index (κ3) is 2.62. The van der Waals surface area contributed by atoms with Crippen molar-refractivity contribution in [3.63, 3.8) is 0 Å². The van der Waals surface area contributed by atoms with Gasteiger partial charge in [-0.05, 0) is 22.1 Å². The number of hydrogen-bond acceptors (Lipinski definition) is 5. The molecule has 0 saturated carbocycles. The van der Waals surface area contributed by atoms with Crippen molar-refractivity contribution in [2.75, 3.05) is 0 Å². The zero-order chi connectivity index (χ0) is 12.3. The highest BCUT2D eigenvalue weighted by molar-refractivity contribution is 7.98. The van der Waals surface area contributed by atoms with Crippen molar-refractivity contribution in [3.05, 3.63) is 35.4 Å². The molecule has 1 heterocycles. The summed E-state index contributed by atoms with van der Waals surface area (Å²) in [6, 6.07) is 6.91. The zero-order valence-electron chi connectivity index (χ0n) is 9.07. The predicted molar refractivity (Wildman–Crippen MR) is 61.8 cm³/mol. The normalized spacial score (nSPS) is 10.4. The first-order valence-corrected chi connectivity index (χ1v) is 5.83. The van der Waals surface area contributed by atoms with Gasteiger partial charge in [0.1, 0.15) is 0 Å². The number of hydrogen-bond donors (Lipinski definition) is 1. The van der Waals surface area contributed by atoms with E-state index in [1.54, 1.807) is 29.9 Å². The van der Waals surface area contributed by atoms with Gasteiger partial charge >= 0.3 is 5.97 Å². The number of benzene rings is 1. The number of aryl methyl sites for hydroxylation is 1. The molecule has 0 aliphatic rings. The third-order valence-electron chi connectivity index (χ3n) is 2.19. The molecule has 88 valence electrons. The van der Waals surface area contributed by atoms with Gasteiger partial charge in [-0.1, -0.05) is 30.0 Å². The van der Waals surface area contributed by atoms with E-state index in [4.69, 9.17) is 5.11 Å². The number of aromatic nitrogens is 4. The summed E-state index contributed by atoms with van der Waals surface area (Å²) in [5, 5.41) is 20.7. The average molecular weight is 250 g/mol. The Labute approximate surface area is 102 Å². The van der Waals surface area contributed by atoms with E-state index >= 15 is 0 Å². The fourth-order valence-electron chi connectivity index (χ4n) is 1.34. The van der Waals surface area contributed by atoms with E-state index < -0.39 is 5.97 Å². The molecule has 6 nitrogen and oxygen atoms in total. The van der Waals surface area contributed by atoms with E-state index in [2.05, 4.69) is 15.5 Å². The van der Waals surface area contributed by atoms with Crippen molar-refractivity contribution in [1.82, 2.24) is 20.2 Å². The Bertz CT molecular complexity index is 541. The van der Waals surface area contributed by atoms with Crippen LogP contribution >= 0.6 is 11.8 Å². The van der Waals surface area contributed by atoms with Crippen LogP contribution in [0.3, 0.4) is 0 Å². The molecule has 2 rings (SSSR count). The SMILES string of the molecule is Cn1nnnc1SCc1ccccc1C(=O)O. The van der Waals surface area contributed by atoms with E-state index in [-0.39, 0.29) is 0 Å². The van der Waals surface area contributed by atoms with Crippen molar-refractivity contribution in [3.8, 4) is 0 Å². The van der Waals surface area contributed by atoms with Gasteiger partial charge in [-0.15, -0.1) is 5.10 Å². The molecule has 0 spiro atoms. The second kappa shape index (κ2) is 4.96. The highest BCUT2D eigenvalue weighted by Gasteiger charge is 2.10. The summed E-state index contributed by atoms with van der Waals surface area (Å²) in [7, 11) is 1.74.